The number of benzene rings is 1. The zero-order valence-corrected chi connectivity index (χ0v) is 13.7. The normalized spacial score (nSPS) is 18.3. The van der Waals surface area contributed by atoms with Crippen LogP contribution >= 0.6 is 12.4 Å². The molecule has 0 radical (unpaired) electrons. The summed E-state index contributed by atoms with van der Waals surface area (Å²) in [6.07, 6.45) is 5.43. The minimum atomic E-state index is -4.32. The molecule has 128 valence electrons. The second kappa shape index (κ2) is 8.99. The molecule has 2 rings (SSSR count). The van der Waals surface area contributed by atoms with E-state index in [2.05, 4.69) is 17.5 Å². The van der Waals surface area contributed by atoms with Crippen LogP contribution in [0, 0.1) is 5.92 Å². The number of allylic oxidation sites excluding steroid dienone is 3. The standard InChI is InChI=1S/C17H20F3NO.ClH/c1-21-12-11-16(13-5-3-2-4-6-13)22-15-9-7-14(8-10-15)17(18,19)20;/h2-5,7-10,13,16,21H,6,11-12H2,1H3;1H/t13-,16+;/m1./s1. The van der Waals surface area contributed by atoms with E-state index in [0.29, 0.717) is 5.75 Å². The molecule has 0 unspecified atom stereocenters. The van der Waals surface area contributed by atoms with E-state index in [-0.39, 0.29) is 24.4 Å². The van der Waals surface area contributed by atoms with Crippen LogP contribution in [-0.4, -0.2) is 19.7 Å². The topological polar surface area (TPSA) is 21.3 Å². The van der Waals surface area contributed by atoms with Crippen LogP contribution in [0.25, 0.3) is 0 Å². The van der Waals surface area contributed by atoms with Crippen molar-refractivity contribution >= 4 is 12.4 Å². The number of rotatable bonds is 6. The molecule has 23 heavy (non-hydrogen) atoms. The van der Waals surface area contributed by atoms with Gasteiger partial charge in [0.05, 0.1) is 5.56 Å². The van der Waals surface area contributed by atoms with Gasteiger partial charge in [-0.15, -0.1) is 12.4 Å². The van der Waals surface area contributed by atoms with Gasteiger partial charge in [-0.2, -0.15) is 13.2 Å². The third-order valence-corrected chi connectivity index (χ3v) is 3.64. The molecule has 1 aliphatic carbocycles. The second-order valence-corrected chi connectivity index (χ2v) is 5.28. The lowest BCUT2D eigenvalue weighted by Crippen LogP contribution is -2.29. The van der Waals surface area contributed by atoms with Crippen LogP contribution in [0.1, 0.15) is 18.4 Å². The Kier molecular flexibility index (Phi) is 7.65. The number of ether oxygens (including phenoxy) is 1. The maximum atomic E-state index is 12.6. The van der Waals surface area contributed by atoms with E-state index < -0.39 is 11.7 Å². The molecular formula is C17H21ClF3NO. The fourth-order valence-corrected chi connectivity index (χ4v) is 2.42. The van der Waals surface area contributed by atoms with Gasteiger partial charge >= 0.3 is 6.18 Å². The van der Waals surface area contributed by atoms with Crippen LogP contribution in [-0.2, 0) is 6.18 Å². The van der Waals surface area contributed by atoms with E-state index >= 15 is 0 Å². The van der Waals surface area contributed by atoms with Gasteiger partial charge in [0.1, 0.15) is 11.9 Å². The fourth-order valence-electron chi connectivity index (χ4n) is 2.42. The number of hydrogen-bond donors (Lipinski definition) is 1. The highest BCUT2D eigenvalue weighted by atomic mass is 35.5. The molecule has 2 atom stereocenters. The molecule has 1 aromatic rings. The van der Waals surface area contributed by atoms with Crippen molar-refractivity contribution in [2.75, 3.05) is 13.6 Å². The summed E-state index contributed by atoms with van der Waals surface area (Å²) < 4.78 is 43.7. The summed E-state index contributed by atoms with van der Waals surface area (Å²) in [4.78, 5) is 0. The van der Waals surface area contributed by atoms with Crippen molar-refractivity contribution in [3.63, 3.8) is 0 Å². The lowest BCUT2D eigenvalue weighted by molar-refractivity contribution is -0.137. The molecule has 0 saturated carbocycles. The van der Waals surface area contributed by atoms with Crippen molar-refractivity contribution in [3.8, 4) is 5.75 Å². The SMILES string of the molecule is CNCC[C@H](Oc1ccc(C(F)(F)F)cc1)[C@@H]1C=CC=CC1.Cl. The molecule has 0 fully saturated rings. The molecule has 6 heteroatoms. The van der Waals surface area contributed by atoms with E-state index in [0.717, 1.165) is 31.5 Å². The summed E-state index contributed by atoms with van der Waals surface area (Å²) in [6, 6.07) is 4.89. The van der Waals surface area contributed by atoms with Crippen LogP contribution in [0.4, 0.5) is 13.2 Å². The molecule has 0 heterocycles. The number of nitrogens with one attached hydrogen (secondary N) is 1. The first-order valence-corrected chi connectivity index (χ1v) is 7.32. The Balaban J connectivity index is 0.00000264. The zero-order valence-electron chi connectivity index (χ0n) is 12.8. The Morgan fingerprint density at radius 3 is 2.43 bits per heavy atom. The molecule has 0 aliphatic heterocycles. The highest BCUT2D eigenvalue weighted by molar-refractivity contribution is 5.85. The first kappa shape index (κ1) is 19.6. The first-order valence-electron chi connectivity index (χ1n) is 7.32. The Hall–Kier alpha value is -1.46. The lowest BCUT2D eigenvalue weighted by Gasteiger charge is -2.26. The predicted molar refractivity (Wildman–Crippen MR) is 88.0 cm³/mol. The quantitative estimate of drug-likeness (QED) is 0.811. The summed E-state index contributed by atoms with van der Waals surface area (Å²) in [7, 11) is 1.87. The number of alkyl halides is 3. The van der Waals surface area contributed by atoms with Gasteiger partial charge in [-0.05, 0) is 50.7 Å². The van der Waals surface area contributed by atoms with Crippen molar-refractivity contribution in [2.45, 2.75) is 25.1 Å². The van der Waals surface area contributed by atoms with E-state index in [1.54, 1.807) is 0 Å². The number of halogens is 4. The van der Waals surface area contributed by atoms with E-state index in [1.807, 2.05) is 19.2 Å². The Morgan fingerprint density at radius 2 is 1.91 bits per heavy atom. The average Bonchev–Trinajstić information content (AvgIpc) is 2.52. The minimum absolute atomic E-state index is 0. The largest absolute Gasteiger partial charge is 0.490 e. The molecule has 0 spiro atoms. The second-order valence-electron chi connectivity index (χ2n) is 5.28. The summed E-state index contributed by atoms with van der Waals surface area (Å²) >= 11 is 0. The summed E-state index contributed by atoms with van der Waals surface area (Å²) in [5.74, 6) is 0.706. The first-order chi connectivity index (χ1) is 10.5. The van der Waals surface area contributed by atoms with E-state index in [1.165, 1.54) is 12.1 Å². The third-order valence-electron chi connectivity index (χ3n) is 3.64. The molecule has 0 amide bonds. The molecule has 1 aliphatic rings. The van der Waals surface area contributed by atoms with Gasteiger partial charge in [0.2, 0.25) is 0 Å². The van der Waals surface area contributed by atoms with Crippen LogP contribution in [0.3, 0.4) is 0 Å². The Labute approximate surface area is 140 Å². The highest BCUT2D eigenvalue weighted by Crippen LogP contribution is 2.31. The molecule has 1 N–H and O–H groups in total. The average molecular weight is 348 g/mol. The highest BCUT2D eigenvalue weighted by Gasteiger charge is 2.30. The van der Waals surface area contributed by atoms with Crippen LogP contribution < -0.4 is 10.1 Å². The summed E-state index contributed by atoms with van der Waals surface area (Å²) in [5, 5.41) is 3.08. The third kappa shape index (κ3) is 5.92. The van der Waals surface area contributed by atoms with Crippen LogP contribution in [0.5, 0.6) is 5.75 Å². The molecule has 0 bridgehead atoms. The van der Waals surface area contributed by atoms with Crippen molar-refractivity contribution in [2.24, 2.45) is 5.92 Å². The minimum Gasteiger partial charge on any atom is -0.490 e. The van der Waals surface area contributed by atoms with Crippen molar-refractivity contribution in [3.05, 3.63) is 54.1 Å². The van der Waals surface area contributed by atoms with E-state index in [4.69, 9.17) is 4.74 Å². The summed E-state index contributed by atoms with van der Waals surface area (Å²) in [5.41, 5.74) is -0.660. The summed E-state index contributed by atoms with van der Waals surface area (Å²) in [6.45, 7) is 0.791. The predicted octanol–water partition coefficient (Wildman–Crippen LogP) is 4.62. The zero-order chi connectivity index (χ0) is 16.0. The van der Waals surface area contributed by atoms with Gasteiger partial charge in [0.15, 0.2) is 0 Å². The maximum Gasteiger partial charge on any atom is 0.416 e. The molecule has 1 aromatic carbocycles. The fraction of sp³-hybridized carbons (Fsp3) is 0.412. The van der Waals surface area contributed by atoms with Crippen LogP contribution in [0.2, 0.25) is 0 Å². The van der Waals surface area contributed by atoms with Gasteiger partial charge < -0.3 is 10.1 Å². The van der Waals surface area contributed by atoms with Gasteiger partial charge in [-0.1, -0.05) is 24.3 Å². The van der Waals surface area contributed by atoms with Crippen LogP contribution in [0.15, 0.2) is 48.6 Å². The molecule has 0 aromatic heterocycles. The molecular weight excluding hydrogens is 327 g/mol. The van der Waals surface area contributed by atoms with Gasteiger partial charge in [0, 0.05) is 5.92 Å². The Bertz CT molecular complexity index is 526. The molecule has 2 nitrogen and oxygen atoms in total. The monoisotopic (exact) mass is 347 g/mol. The smallest absolute Gasteiger partial charge is 0.416 e. The lowest BCUT2D eigenvalue weighted by atomic mass is 9.92. The van der Waals surface area contributed by atoms with Crippen molar-refractivity contribution in [1.82, 2.24) is 5.32 Å². The number of hydrogen-bond acceptors (Lipinski definition) is 2. The maximum absolute atomic E-state index is 12.6. The van der Waals surface area contributed by atoms with Gasteiger partial charge in [-0.3, -0.25) is 0 Å². The van der Waals surface area contributed by atoms with Gasteiger partial charge in [0.25, 0.3) is 0 Å². The van der Waals surface area contributed by atoms with Crippen molar-refractivity contribution in [1.29, 1.82) is 0 Å². The van der Waals surface area contributed by atoms with Crippen molar-refractivity contribution < 1.29 is 17.9 Å². The van der Waals surface area contributed by atoms with E-state index in [9.17, 15) is 13.2 Å². The van der Waals surface area contributed by atoms with Gasteiger partial charge in [-0.25, -0.2) is 0 Å². The Morgan fingerprint density at radius 1 is 1.22 bits per heavy atom. The molecule has 0 saturated heterocycles.